The molecule has 39 heavy (non-hydrogen) atoms. The summed E-state index contributed by atoms with van der Waals surface area (Å²) in [6, 6.07) is 3.20. The molecule has 0 aromatic heterocycles. The van der Waals surface area contributed by atoms with Crippen LogP contribution in [0.1, 0.15) is 104 Å². The average molecular weight is 566 g/mol. The number of alkyl carbamates (subject to hydrolysis) is 1. The van der Waals surface area contributed by atoms with E-state index in [2.05, 4.69) is 24.5 Å². The monoisotopic (exact) mass is 565 g/mol. The number of nitrogens with zero attached hydrogens (tertiary/aromatic N) is 1. The molecule has 1 aromatic rings. The van der Waals surface area contributed by atoms with Gasteiger partial charge in [-0.3, -0.25) is 9.59 Å². The minimum atomic E-state index is -0.907. The lowest BCUT2D eigenvalue weighted by Crippen LogP contribution is -2.54. The van der Waals surface area contributed by atoms with Crippen LogP contribution in [0.4, 0.5) is 4.79 Å². The number of aromatic hydroxyl groups is 1. The highest BCUT2D eigenvalue weighted by Gasteiger charge is 2.36. The molecule has 222 valence electrons. The zero-order valence-corrected chi connectivity index (χ0v) is 26.1. The number of hydrogen-bond donors (Lipinski definition) is 3. The van der Waals surface area contributed by atoms with Gasteiger partial charge in [0.2, 0.25) is 11.8 Å². The van der Waals surface area contributed by atoms with Crippen LogP contribution in [0.2, 0.25) is 0 Å². The molecule has 3 unspecified atom stereocenters. The lowest BCUT2D eigenvalue weighted by Gasteiger charge is -2.35. The molecule has 3 amide bonds. The fourth-order valence-corrected chi connectivity index (χ4v) is 4.84. The van der Waals surface area contributed by atoms with E-state index in [0.717, 1.165) is 38.5 Å². The summed E-state index contributed by atoms with van der Waals surface area (Å²) in [6.45, 7) is 13.6. The number of phenolic OH excluding ortho intramolecular Hbond substituents is 1. The van der Waals surface area contributed by atoms with Gasteiger partial charge in [-0.05, 0) is 89.1 Å². The summed E-state index contributed by atoms with van der Waals surface area (Å²) >= 11 is 1.58. The lowest BCUT2D eigenvalue weighted by atomic mass is 9.99. The molecule has 0 bridgehead atoms. The van der Waals surface area contributed by atoms with Gasteiger partial charge in [0.1, 0.15) is 23.4 Å². The molecular weight excluding hydrogens is 514 g/mol. The third-order valence-corrected chi connectivity index (χ3v) is 6.99. The molecule has 9 heteroatoms. The van der Waals surface area contributed by atoms with Crippen LogP contribution in [-0.2, 0) is 14.3 Å². The maximum absolute atomic E-state index is 14.2. The van der Waals surface area contributed by atoms with E-state index in [1.54, 1.807) is 62.6 Å². The number of unbranched alkanes of at least 4 members (excludes halogenated alkanes) is 3. The number of aryl methyl sites for hydroxylation is 1. The van der Waals surface area contributed by atoms with Crippen LogP contribution >= 0.6 is 11.8 Å². The second-order valence-electron chi connectivity index (χ2n) is 11.2. The van der Waals surface area contributed by atoms with Crippen LogP contribution < -0.4 is 10.6 Å². The number of ether oxygens (including phenoxy) is 1. The van der Waals surface area contributed by atoms with E-state index in [4.69, 9.17) is 4.74 Å². The third kappa shape index (κ3) is 12.5. The molecule has 0 radical (unpaired) electrons. The molecule has 3 N–H and O–H groups in total. The third-order valence-electron chi connectivity index (χ3n) is 6.34. The molecule has 0 spiro atoms. The van der Waals surface area contributed by atoms with Crippen LogP contribution in [-0.4, -0.2) is 64.2 Å². The number of benzene rings is 1. The summed E-state index contributed by atoms with van der Waals surface area (Å²) in [4.78, 5) is 42.4. The van der Waals surface area contributed by atoms with Crippen LogP contribution in [0, 0.1) is 6.92 Å². The van der Waals surface area contributed by atoms with Gasteiger partial charge in [-0.1, -0.05) is 45.6 Å². The van der Waals surface area contributed by atoms with Gasteiger partial charge in [0.25, 0.3) is 0 Å². The smallest absolute Gasteiger partial charge is 0.408 e. The highest BCUT2D eigenvalue weighted by molar-refractivity contribution is 7.98. The van der Waals surface area contributed by atoms with E-state index in [9.17, 15) is 19.5 Å². The van der Waals surface area contributed by atoms with Crippen molar-refractivity contribution in [2.75, 3.05) is 18.6 Å². The number of thioether (sulfide) groups is 1. The summed E-state index contributed by atoms with van der Waals surface area (Å²) in [5.74, 6) is 0.187. The maximum atomic E-state index is 14.2. The first-order valence-corrected chi connectivity index (χ1v) is 15.6. The van der Waals surface area contributed by atoms with Gasteiger partial charge in [0.15, 0.2) is 0 Å². The summed E-state index contributed by atoms with van der Waals surface area (Å²) < 4.78 is 5.46. The number of nitrogens with one attached hydrogen (secondary N) is 2. The molecule has 0 heterocycles. The van der Waals surface area contributed by atoms with Crippen molar-refractivity contribution in [3.05, 3.63) is 29.3 Å². The van der Waals surface area contributed by atoms with Crippen molar-refractivity contribution in [1.29, 1.82) is 0 Å². The highest BCUT2D eigenvalue weighted by Crippen LogP contribution is 2.28. The standard InChI is InChI=1S/C30H51N3O5S/c1-9-11-12-13-18-33(28(36)24(17-19-39-8)32-29(37)38-30(5,6)7)26(27(35)31-22(4)14-10-2)23-15-16-25(34)21(3)20-23/h15-16,20,22,24,26,34H,9-14,17-19H2,1-8H3,(H,31,35)(H,32,37). The van der Waals surface area contributed by atoms with Gasteiger partial charge in [0.05, 0.1) is 0 Å². The molecule has 0 aliphatic rings. The molecule has 3 atom stereocenters. The van der Waals surface area contributed by atoms with Gasteiger partial charge in [-0.25, -0.2) is 4.79 Å². The Bertz CT molecular complexity index is 918. The highest BCUT2D eigenvalue weighted by atomic mass is 32.2. The zero-order chi connectivity index (χ0) is 29.6. The Morgan fingerprint density at radius 3 is 2.31 bits per heavy atom. The molecule has 0 aliphatic heterocycles. The first-order valence-electron chi connectivity index (χ1n) is 14.2. The van der Waals surface area contributed by atoms with Crippen LogP contribution in [0.5, 0.6) is 5.75 Å². The largest absolute Gasteiger partial charge is 0.508 e. The molecule has 0 saturated heterocycles. The predicted octanol–water partition coefficient (Wildman–Crippen LogP) is 6.10. The summed E-state index contributed by atoms with van der Waals surface area (Å²) in [6.07, 6.45) is 7.14. The van der Waals surface area contributed by atoms with Crippen molar-refractivity contribution in [2.45, 2.75) is 117 Å². The fourth-order valence-electron chi connectivity index (χ4n) is 4.37. The number of amides is 3. The maximum Gasteiger partial charge on any atom is 0.408 e. The van der Waals surface area contributed by atoms with E-state index < -0.39 is 23.8 Å². The summed E-state index contributed by atoms with van der Waals surface area (Å²) in [7, 11) is 0. The predicted molar refractivity (Wildman–Crippen MR) is 160 cm³/mol. The molecule has 0 fully saturated rings. The Morgan fingerprint density at radius 2 is 1.74 bits per heavy atom. The Hall–Kier alpha value is -2.42. The first kappa shape index (κ1) is 34.6. The Kier molecular flexibility index (Phi) is 15.4. The average Bonchev–Trinajstić information content (AvgIpc) is 2.84. The molecular formula is C30H51N3O5S. The van der Waals surface area contributed by atoms with Crippen molar-refractivity contribution < 1.29 is 24.2 Å². The first-order chi connectivity index (χ1) is 18.3. The summed E-state index contributed by atoms with van der Waals surface area (Å²) in [5.41, 5.74) is 0.533. The summed E-state index contributed by atoms with van der Waals surface area (Å²) in [5, 5.41) is 16.0. The van der Waals surface area contributed by atoms with Gasteiger partial charge < -0.3 is 25.4 Å². The quantitative estimate of drug-likeness (QED) is 0.209. The number of rotatable bonds is 16. The Labute approximate surface area is 240 Å². The van der Waals surface area contributed by atoms with Gasteiger partial charge in [0, 0.05) is 12.6 Å². The van der Waals surface area contributed by atoms with Crippen molar-refractivity contribution in [3.8, 4) is 5.75 Å². The number of carbonyl (C=O) groups excluding carboxylic acids is 3. The SMILES string of the molecule is CCCCCCN(C(=O)C(CCSC)NC(=O)OC(C)(C)C)C(C(=O)NC(C)CCC)c1ccc(O)c(C)c1. The van der Waals surface area contributed by atoms with Crippen molar-refractivity contribution >= 4 is 29.7 Å². The molecule has 1 rings (SSSR count). The molecule has 0 saturated carbocycles. The molecule has 0 aliphatic carbocycles. The van der Waals surface area contributed by atoms with E-state index in [1.165, 1.54) is 0 Å². The minimum absolute atomic E-state index is 0.0626. The Morgan fingerprint density at radius 1 is 1.05 bits per heavy atom. The van der Waals surface area contributed by atoms with Crippen LogP contribution in [0.15, 0.2) is 18.2 Å². The number of phenols is 1. The van der Waals surface area contributed by atoms with E-state index in [1.807, 2.05) is 13.2 Å². The lowest BCUT2D eigenvalue weighted by molar-refractivity contribution is -0.143. The number of carbonyl (C=O) groups is 3. The fraction of sp³-hybridized carbons (Fsp3) is 0.700. The molecule has 1 aromatic carbocycles. The van der Waals surface area contributed by atoms with E-state index in [-0.39, 0.29) is 23.6 Å². The van der Waals surface area contributed by atoms with Crippen molar-refractivity contribution in [2.24, 2.45) is 0 Å². The van der Waals surface area contributed by atoms with Gasteiger partial charge >= 0.3 is 6.09 Å². The second-order valence-corrected chi connectivity index (χ2v) is 12.2. The van der Waals surface area contributed by atoms with E-state index >= 15 is 0 Å². The topological polar surface area (TPSA) is 108 Å². The van der Waals surface area contributed by atoms with Crippen LogP contribution in [0.25, 0.3) is 0 Å². The minimum Gasteiger partial charge on any atom is -0.508 e. The van der Waals surface area contributed by atoms with Crippen molar-refractivity contribution in [1.82, 2.24) is 15.5 Å². The number of hydrogen-bond acceptors (Lipinski definition) is 6. The second kappa shape index (κ2) is 17.3. The molecule has 8 nitrogen and oxygen atoms in total. The normalized spacial score (nSPS) is 13.7. The Balaban J connectivity index is 3.53. The van der Waals surface area contributed by atoms with E-state index in [0.29, 0.717) is 29.8 Å². The van der Waals surface area contributed by atoms with Crippen LogP contribution in [0.3, 0.4) is 0 Å². The van der Waals surface area contributed by atoms with Crippen molar-refractivity contribution in [3.63, 3.8) is 0 Å². The zero-order valence-electron chi connectivity index (χ0n) is 25.3. The van der Waals surface area contributed by atoms with Gasteiger partial charge in [-0.2, -0.15) is 11.8 Å². The van der Waals surface area contributed by atoms with Gasteiger partial charge in [-0.15, -0.1) is 0 Å².